The molecule has 1 aromatic carbocycles. The Bertz CT molecular complexity index is 586. The third-order valence-electron chi connectivity index (χ3n) is 2.64. The van der Waals surface area contributed by atoms with Crippen LogP contribution in [-0.2, 0) is 9.53 Å². The number of halogens is 1. The van der Waals surface area contributed by atoms with E-state index in [9.17, 15) is 4.79 Å². The molecule has 1 heterocycles. The minimum absolute atomic E-state index is 0.325. The average Bonchev–Trinajstić information content (AvgIpc) is 2.41. The van der Waals surface area contributed by atoms with E-state index in [1.54, 1.807) is 25.3 Å². The number of pyridine rings is 1. The normalized spacial score (nSPS) is 12.2. The molecule has 1 N–H and O–H groups in total. The minimum atomic E-state index is -0.443. The smallest absolute Gasteiger partial charge is 0.327 e. The quantitative estimate of drug-likeness (QED) is 0.866. The van der Waals surface area contributed by atoms with Crippen molar-refractivity contribution in [2.24, 2.45) is 0 Å². The van der Waals surface area contributed by atoms with E-state index >= 15 is 0 Å². The molecular weight excluding hydrogens is 252 g/mol. The van der Waals surface area contributed by atoms with Crippen LogP contribution in [0.2, 0.25) is 5.02 Å². The molecule has 2 rings (SSSR count). The SMILES string of the molecule is COC(=O)C(C)Nc1ccc(Cl)c2cccnc12. The van der Waals surface area contributed by atoms with E-state index in [2.05, 4.69) is 15.0 Å². The molecule has 0 fully saturated rings. The van der Waals surface area contributed by atoms with Crippen LogP contribution in [0.3, 0.4) is 0 Å². The van der Waals surface area contributed by atoms with Crippen LogP contribution in [0, 0.1) is 0 Å². The Morgan fingerprint density at radius 3 is 2.94 bits per heavy atom. The van der Waals surface area contributed by atoms with Gasteiger partial charge in [-0.2, -0.15) is 0 Å². The molecule has 94 valence electrons. The van der Waals surface area contributed by atoms with Crippen molar-refractivity contribution in [1.82, 2.24) is 4.98 Å². The lowest BCUT2D eigenvalue weighted by molar-refractivity contribution is -0.141. The Labute approximate surface area is 110 Å². The molecule has 0 saturated heterocycles. The molecule has 0 bridgehead atoms. The fraction of sp³-hybridized carbons (Fsp3) is 0.231. The number of hydrogen-bond donors (Lipinski definition) is 1. The fourth-order valence-electron chi connectivity index (χ4n) is 1.72. The van der Waals surface area contributed by atoms with Gasteiger partial charge in [-0.05, 0) is 31.2 Å². The van der Waals surface area contributed by atoms with E-state index in [4.69, 9.17) is 11.6 Å². The summed E-state index contributed by atoms with van der Waals surface area (Å²) < 4.78 is 4.67. The summed E-state index contributed by atoms with van der Waals surface area (Å²) in [5.41, 5.74) is 1.49. The van der Waals surface area contributed by atoms with Crippen LogP contribution in [-0.4, -0.2) is 24.1 Å². The molecule has 0 amide bonds. The van der Waals surface area contributed by atoms with Crippen molar-refractivity contribution in [3.8, 4) is 0 Å². The Hall–Kier alpha value is -1.81. The van der Waals surface area contributed by atoms with Crippen molar-refractivity contribution in [3.05, 3.63) is 35.5 Å². The first kappa shape index (κ1) is 12.6. The molecule has 0 spiro atoms. The van der Waals surface area contributed by atoms with E-state index in [0.717, 1.165) is 16.6 Å². The summed E-state index contributed by atoms with van der Waals surface area (Å²) in [5.74, 6) is -0.325. The number of rotatable bonds is 3. The van der Waals surface area contributed by atoms with Crippen LogP contribution in [0.25, 0.3) is 10.9 Å². The van der Waals surface area contributed by atoms with Gasteiger partial charge in [0.2, 0.25) is 0 Å². The summed E-state index contributed by atoms with van der Waals surface area (Å²) in [4.78, 5) is 15.7. The zero-order chi connectivity index (χ0) is 13.1. The van der Waals surface area contributed by atoms with Crippen molar-refractivity contribution in [2.75, 3.05) is 12.4 Å². The van der Waals surface area contributed by atoms with Gasteiger partial charge in [0.1, 0.15) is 6.04 Å². The van der Waals surface area contributed by atoms with Gasteiger partial charge in [-0.1, -0.05) is 11.6 Å². The molecule has 4 nitrogen and oxygen atoms in total. The topological polar surface area (TPSA) is 51.2 Å². The summed E-state index contributed by atoms with van der Waals surface area (Å²) >= 11 is 6.10. The standard InChI is InChI=1S/C13H13ClN2O2/c1-8(13(17)18-2)16-11-6-5-10(14)9-4-3-7-15-12(9)11/h3-8,16H,1-2H3. The predicted molar refractivity (Wildman–Crippen MR) is 71.9 cm³/mol. The van der Waals surface area contributed by atoms with Crippen LogP contribution in [0.1, 0.15) is 6.92 Å². The first-order valence-electron chi connectivity index (χ1n) is 5.51. The number of aromatic nitrogens is 1. The summed E-state index contributed by atoms with van der Waals surface area (Å²) in [6.45, 7) is 1.73. The van der Waals surface area contributed by atoms with Gasteiger partial charge in [-0.15, -0.1) is 0 Å². The average molecular weight is 265 g/mol. The molecule has 0 radical (unpaired) electrons. The molecule has 0 aliphatic rings. The Morgan fingerprint density at radius 2 is 2.22 bits per heavy atom. The molecule has 1 atom stereocenters. The Kier molecular flexibility index (Phi) is 3.67. The number of fused-ring (bicyclic) bond motifs is 1. The summed E-state index contributed by atoms with van der Waals surface area (Å²) in [6.07, 6.45) is 1.69. The van der Waals surface area contributed by atoms with Crippen molar-refractivity contribution in [2.45, 2.75) is 13.0 Å². The lowest BCUT2D eigenvalue weighted by atomic mass is 10.1. The summed E-state index contributed by atoms with van der Waals surface area (Å²) in [5, 5.41) is 4.55. The minimum Gasteiger partial charge on any atom is -0.467 e. The lowest BCUT2D eigenvalue weighted by Crippen LogP contribution is -2.27. The largest absolute Gasteiger partial charge is 0.467 e. The third-order valence-corrected chi connectivity index (χ3v) is 2.97. The summed E-state index contributed by atoms with van der Waals surface area (Å²) in [6, 6.07) is 6.84. The second-order valence-electron chi connectivity index (χ2n) is 3.88. The predicted octanol–water partition coefficient (Wildman–Crippen LogP) is 2.86. The van der Waals surface area contributed by atoms with E-state index in [0.29, 0.717) is 5.02 Å². The Morgan fingerprint density at radius 1 is 1.44 bits per heavy atom. The Balaban J connectivity index is 2.40. The van der Waals surface area contributed by atoms with Gasteiger partial charge < -0.3 is 10.1 Å². The molecule has 2 aromatic rings. The van der Waals surface area contributed by atoms with Crippen molar-refractivity contribution in [3.63, 3.8) is 0 Å². The molecule has 5 heteroatoms. The molecule has 1 unspecified atom stereocenters. The molecule has 0 aliphatic carbocycles. The van der Waals surface area contributed by atoms with Crippen molar-refractivity contribution in [1.29, 1.82) is 0 Å². The van der Waals surface area contributed by atoms with E-state index in [1.807, 2.05) is 12.1 Å². The molecule has 1 aromatic heterocycles. The molecule has 0 saturated carbocycles. The highest BCUT2D eigenvalue weighted by Crippen LogP contribution is 2.28. The number of anilines is 1. The van der Waals surface area contributed by atoms with Gasteiger partial charge in [0.05, 0.1) is 23.3 Å². The van der Waals surface area contributed by atoms with Crippen LogP contribution in [0.15, 0.2) is 30.5 Å². The van der Waals surface area contributed by atoms with Gasteiger partial charge in [0.25, 0.3) is 0 Å². The van der Waals surface area contributed by atoms with Crippen molar-refractivity contribution >= 4 is 34.2 Å². The number of carbonyl (C=O) groups is 1. The number of methoxy groups -OCH3 is 1. The number of esters is 1. The number of nitrogens with zero attached hydrogens (tertiary/aromatic N) is 1. The zero-order valence-corrected chi connectivity index (χ0v) is 10.9. The highest BCUT2D eigenvalue weighted by atomic mass is 35.5. The van der Waals surface area contributed by atoms with Crippen LogP contribution < -0.4 is 5.32 Å². The third kappa shape index (κ3) is 2.38. The van der Waals surface area contributed by atoms with E-state index in [-0.39, 0.29) is 5.97 Å². The maximum absolute atomic E-state index is 11.4. The first-order valence-corrected chi connectivity index (χ1v) is 5.89. The number of benzene rings is 1. The number of carbonyl (C=O) groups excluding carboxylic acids is 1. The number of hydrogen-bond acceptors (Lipinski definition) is 4. The number of ether oxygens (including phenoxy) is 1. The van der Waals surface area contributed by atoms with Gasteiger partial charge in [0, 0.05) is 11.6 Å². The maximum Gasteiger partial charge on any atom is 0.327 e. The van der Waals surface area contributed by atoms with Gasteiger partial charge in [-0.25, -0.2) is 4.79 Å². The highest BCUT2D eigenvalue weighted by Gasteiger charge is 2.14. The van der Waals surface area contributed by atoms with Crippen LogP contribution >= 0.6 is 11.6 Å². The van der Waals surface area contributed by atoms with Gasteiger partial charge in [0.15, 0.2) is 0 Å². The molecular formula is C13H13ClN2O2. The van der Waals surface area contributed by atoms with Crippen LogP contribution in [0.5, 0.6) is 0 Å². The molecule has 0 aliphatic heterocycles. The fourth-order valence-corrected chi connectivity index (χ4v) is 1.94. The van der Waals surface area contributed by atoms with Gasteiger partial charge >= 0.3 is 5.97 Å². The van der Waals surface area contributed by atoms with Gasteiger partial charge in [-0.3, -0.25) is 4.98 Å². The van der Waals surface area contributed by atoms with E-state index in [1.165, 1.54) is 7.11 Å². The second kappa shape index (κ2) is 5.23. The lowest BCUT2D eigenvalue weighted by Gasteiger charge is -2.14. The number of nitrogens with one attached hydrogen (secondary N) is 1. The zero-order valence-electron chi connectivity index (χ0n) is 10.1. The monoisotopic (exact) mass is 264 g/mol. The summed E-state index contributed by atoms with van der Waals surface area (Å²) in [7, 11) is 1.36. The second-order valence-corrected chi connectivity index (χ2v) is 4.29. The highest BCUT2D eigenvalue weighted by molar-refractivity contribution is 6.35. The van der Waals surface area contributed by atoms with E-state index < -0.39 is 6.04 Å². The first-order chi connectivity index (χ1) is 8.63. The molecule has 18 heavy (non-hydrogen) atoms. The maximum atomic E-state index is 11.4. The van der Waals surface area contributed by atoms with Crippen LogP contribution in [0.4, 0.5) is 5.69 Å². The van der Waals surface area contributed by atoms with Crippen molar-refractivity contribution < 1.29 is 9.53 Å².